The predicted octanol–water partition coefficient (Wildman–Crippen LogP) is 1.05. The van der Waals surface area contributed by atoms with Crippen LogP contribution in [0, 0.1) is 0 Å². The van der Waals surface area contributed by atoms with Crippen LogP contribution in [-0.4, -0.2) is 49.3 Å². The highest BCUT2D eigenvalue weighted by atomic mass is 16.5. The molecule has 1 atom stereocenters. The summed E-state index contributed by atoms with van der Waals surface area (Å²) < 4.78 is 5.04. The lowest BCUT2D eigenvalue weighted by atomic mass is 9.99. The van der Waals surface area contributed by atoms with Crippen LogP contribution in [0.4, 0.5) is 5.69 Å². The Morgan fingerprint density at radius 1 is 1.41 bits per heavy atom. The van der Waals surface area contributed by atoms with E-state index in [0.29, 0.717) is 0 Å². The summed E-state index contributed by atoms with van der Waals surface area (Å²) in [4.78, 5) is 25.3. The number of carbonyl (C=O) groups excluding carboxylic acids is 1. The van der Waals surface area contributed by atoms with E-state index in [1.54, 1.807) is 6.92 Å². The number of amides is 1. The minimum atomic E-state index is -0.966. The number of carboxylic acid groups (broad SMARTS) is 1. The lowest BCUT2D eigenvalue weighted by Crippen LogP contribution is -2.53. The second kappa shape index (κ2) is 6.79. The number of fused-ring (bicyclic) bond motifs is 1. The highest BCUT2D eigenvalue weighted by molar-refractivity contribution is 5.83. The molecule has 1 unspecified atom stereocenters. The Kier molecular flexibility index (Phi) is 5.03. The van der Waals surface area contributed by atoms with Crippen molar-refractivity contribution >= 4 is 17.6 Å². The smallest absolute Gasteiger partial charge is 0.305 e. The summed E-state index contributed by atoms with van der Waals surface area (Å²) in [5, 5.41) is 11.8. The molecule has 0 radical (unpaired) electrons. The Labute approximate surface area is 130 Å². The normalized spacial score (nSPS) is 16.0. The highest BCUT2D eigenvalue weighted by Crippen LogP contribution is 2.26. The molecular formula is C16H22N2O4. The van der Waals surface area contributed by atoms with Gasteiger partial charge in [0, 0.05) is 19.3 Å². The number of ether oxygens (including phenoxy) is 1. The molecule has 0 spiro atoms. The quantitative estimate of drug-likeness (QED) is 0.787. The van der Waals surface area contributed by atoms with Crippen molar-refractivity contribution in [3.63, 3.8) is 0 Å². The third kappa shape index (κ3) is 3.98. The zero-order valence-corrected chi connectivity index (χ0v) is 13.0. The Hall–Kier alpha value is -2.08. The van der Waals surface area contributed by atoms with Crippen LogP contribution in [0.2, 0.25) is 0 Å². The SMILES string of the molecule is COCC(C)(CC(=O)O)NC(=O)CN1CCc2ccccc21. The van der Waals surface area contributed by atoms with Crippen LogP contribution < -0.4 is 10.2 Å². The van der Waals surface area contributed by atoms with Crippen molar-refractivity contribution < 1.29 is 19.4 Å². The van der Waals surface area contributed by atoms with Crippen molar-refractivity contribution in [2.75, 3.05) is 31.7 Å². The van der Waals surface area contributed by atoms with E-state index in [4.69, 9.17) is 9.84 Å². The van der Waals surface area contributed by atoms with Crippen LogP contribution in [0.3, 0.4) is 0 Å². The van der Waals surface area contributed by atoms with Gasteiger partial charge in [0.25, 0.3) is 0 Å². The number of anilines is 1. The second-order valence-corrected chi connectivity index (χ2v) is 5.91. The van der Waals surface area contributed by atoms with Gasteiger partial charge in [-0.2, -0.15) is 0 Å². The Morgan fingerprint density at radius 3 is 2.82 bits per heavy atom. The number of nitrogens with zero attached hydrogens (tertiary/aromatic N) is 1. The van der Waals surface area contributed by atoms with Crippen molar-refractivity contribution in [3.8, 4) is 0 Å². The van der Waals surface area contributed by atoms with Gasteiger partial charge in [-0.15, -0.1) is 0 Å². The fraction of sp³-hybridized carbons (Fsp3) is 0.500. The molecule has 6 heteroatoms. The zero-order valence-electron chi connectivity index (χ0n) is 13.0. The molecule has 2 N–H and O–H groups in total. The van der Waals surface area contributed by atoms with Crippen molar-refractivity contribution in [2.45, 2.75) is 25.3 Å². The summed E-state index contributed by atoms with van der Waals surface area (Å²) in [7, 11) is 1.49. The topological polar surface area (TPSA) is 78.9 Å². The molecular weight excluding hydrogens is 284 g/mol. The number of carboxylic acids is 1. The van der Waals surface area contributed by atoms with Crippen molar-refractivity contribution in [1.82, 2.24) is 5.32 Å². The molecule has 0 saturated heterocycles. The molecule has 1 aromatic carbocycles. The Balaban J connectivity index is 1.99. The number of methoxy groups -OCH3 is 1. The van der Waals surface area contributed by atoms with Gasteiger partial charge in [-0.05, 0) is 25.0 Å². The van der Waals surface area contributed by atoms with Gasteiger partial charge in [0.1, 0.15) is 0 Å². The van der Waals surface area contributed by atoms with E-state index in [1.165, 1.54) is 12.7 Å². The van der Waals surface area contributed by atoms with Crippen molar-refractivity contribution in [1.29, 1.82) is 0 Å². The van der Waals surface area contributed by atoms with Crippen molar-refractivity contribution in [3.05, 3.63) is 29.8 Å². The van der Waals surface area contributed by atoms with Gasteiger partial charge in [-0.1, -0.05) is 18.2 Å². The third-order valence-corrected chi connectivity index (χ3v) is 3.76. The average molecular weight is 306 g/mol. The van der Waals surface area contributed by atoms with Crippen LogP contribution in [-0.2, 0) is 20.7 Å². The van der Waals surface area contributed by atoms with Gasteiger partial charge >= 0.3 is 5.97 Å². The summed E-state index contributed by atoms with van der Waals surface area (Å²) in [6, 6.07) is 8.01. The van der Waals surface area contributed by atoms with E-state index in [0.717, 1.165) is 18.7 Å². The lowest BCUT2D eigenvalue weighted by molar-refractivity contribution is -0.139. The van der Waals surface area contributed by atoms with Gasteiger partial charge in [0.15, 0.2) is 0 Å². The van der Waals surface area contributed by atoms with Gasteiger partial charge in [0.2, 0.25) is 5.91 Å². The van der Waals surface area contributed by atoms with Crippen LogP contribution >= 0.6 is 0 Å². The molecule has 0 bridgehead atoms. The molecule has 1 aliphatic rings. The molecule has 0 fully saturated rings. The van der Waals surface area contributed by atoms with Crippen LogP contribution in [0.15, 0.2) is 24.3 Å². The number of rotatable bonds is 7. The first kappa shape index (κ1) is 16.3. The first-order chi connectivity index (χ1) is 10.4. The maximum Gasteiger partial charge on any atom is 0.305 e. The summed E-state index contributed by atoms with van der Waals surface area (Å²) in [5.41, 5.74) is 1.40. The largest absolute Gasteiger partial charge is 0.481 e. The number of hydrogen-bond donors (Lipinski definition) is 2. The number of carbonyl (C=O) groups is 2. The van der Waals surface area contributed by atoms with E-state index in [1.807, 2.05) is 23.1 Å². The summed E-state index contributed by atoms with van der Waals surface area (Å²) in [5.74, 6) is -1.16. The van der Waals surface area contributed by atoms with Gasteiger partial charge < -0.3 is 20.1 Å². The molecule has 1 heterocycles. The minimum absolute atomic E-state index is 0.154. The van der Waals surface area contributed by atoms with Crippen LogP contribution in [0.5, 0.6) is 0 Å². The number of nitrogens with one attached hydrogen (secondary N) is 1. The van der Waals surface area contributed by atoms with Gasteiger partial charge in [-0.25, -0.2) is 0 Å². The molecule has 0 aromatic heterocycles. The summed E-state index contributed by atoms with van der Waals surface area (Å²) in [6.07, 6.45) is 0.747. The van der Waals surface area contributed by atoms with Crippen LogP contribution in [0.25, 0.3) is 0 Å². The monoisotopic (exact) mass is 306 g/mol. The summed E-state index contributed by atoms with van der Waals surface area (Å²) >= 11 is 0. The molecule has 6 nitrogen and oxygen atoms in total. The zero-order chi connectivity index (χ0) is 16.2. The number of hydrogen-bond acceptors (Lipinski definition) is 4. The van der Waals surface area contributed by atoms with Gasteiger partial charge in [-0.3, -0.25) is 9.59 Å². The fourth-order valence-electron chi connectivity index (χ4n) is 2.90. The van der Waals surface area contributed by atoms with E-state index >= 15 is 0 Å². The highest BCUT2D eigenvalue weighted by Gasteiger charge is 2.30. The molecule has 1 amide bonds. The predicted molar refractivity (Wildman–Crippen MR) is 83.0 cm³/mol. The lowest BCUT2D eigenvalue weighted by Gasteiger charge is -2.30. The molecule has 0 saturated carbocycles. The second-order valence-electron chi connectivity index (χ2n) is 5.91. The standard InChI is InChI=1S/C16H22N2O4/c1-16(11-22-2,9-15(20)21)17-14(19)10-18-8-7-12-5-3-4-6-13(12)18/h3-6H,7-11H2,1-2H3,(H,17,19)(H,20,21). The first-order valence-corrected chi connectivity index (χ1v) is 7.28. The molecule has 2 rings (SSSR count). The van der Waals surface area contributed by atoms with E-state index < -0.39 is 11.5 Å². The van der Waals surface area contributed by atoms with Crippen molar-refractivity contribution in [2.24, 2.45) is 0 Å². The third-order valence-electron chi connectivity index (χ3n) is 3.76. The molecule has 0 aliphatic carbocycles. The Bertz CT molecular complexity index is 561. The minimum Gasteiger partial charge on any atom is -0.481 e. The molecule has 120 valence electrons. The Morgan fingerprint density at radius 2 is 2.14 bits per heavy atom. The average Bonchev–Trinajstić information content (AvgIpc) is 2.81. The van der Waals surface area contributed by atoms with E-state index in [9.17, 15) is 9.59 Å². The van der Waals surface area contributed by atoms with Crippen LogP contribution in [0.1, 0.15) is 18.9 Å². The molecule has 22 heavy (non-hydrogen) atoms. The van der Waals surface area contributed by atoms with E-state index in [2.05, 4.69) is 11.4 Å². The number of benzene rings is 1. The first-order valence-electron chi connectivity index (χ1n) is 7.28. The fourth-order valence-corrected chi connectivity index (χ4v) is 2.90. The molecule has 1 aromatic rings. The maximum absolute atomic E-state index is 12.3. The maximum atomic E-state index is 12.3. The number of para-hydroxylation sites is 1. The molecule has 1 aliphatic heterocycles. The van der Waals surface area contributed by atoms with Gasteiger partial charge in [0.05, 0.1) is 25.1 Å². The summed E-state index contributed by atoms with van der Waals surface area (Å²) in [6.45, 7) is 2.85. The van der Waals surface area contributed by atoms with E-state index in [-0.39, 0.29) is 25.5 Å². The number of aliphatic carboxylic acids is 1.